The van der Waals surface area contributed by atoms with Crippen LogP contribution in [0.15, 0.2) is 48.4 Å². The highest BCUT2D eigenvalue weighted by Crippen LogP contribution is 2.36. The van der Waals surface area contributed by atoms with Crippen molar-refractivity contribution in [2.24, 2.45) is 5.92 Å². The van der Waals surface area contributed by atoms with E-state index in [1.165, 1.54) is 6.26 Å². The zero-order valence-electron chi connectivity index (χ0n) is 20.1. The summed E-state index contributed by atoms with van der Waals surface area (Å²) in [5.74, 6) is 0.908. The fourth-order valence-corrected chi connectivity index (χ4v) is 4.55. The molecule has 3 atom stereocenters. The molecule has 2 aliphatic rings. The molecule has 2 aromatic carbocycles. The molecule has 186 valence electrons. The largest absolute Gasteiger partial charge is 0.494 e. The lowest BCUT2D eigenvalue weighted by molar-refractivity contribution is -0.136. The van der Waals surface area contributed by atoms with E-state index in [1.54, 1.807) is 36.4 Å². The molecular formula is C27H30ClNO6. The van der Waals surface area contributed by atoms with Crippen LogP contribution >= 0.6 is 11.6 Å². The number of hydrogen-bond donors (Lipinski definition) is 1. The van der Waals surface area contributed by atoms with E-state index in [4.69, 9.17) is 30.5 Å². The third-order valence-corrected chi connectivity index (χ3v) is 6.81. The molecule has 1 N–H and O–H groups in total. The molecule has 1 amide bonds. The highest BCUT2D eigenvalue weighted by Gasteiger charge is 2.41. The topological polar surface area (TPSA) is 83.1 Å². The Morgan fingerprint density at radius 2 is 1.83 bits per heavy atom. The number of halogens is 1. The molecule has 1 aliphatic carbocycles. The number of carbonyl (C=O) groups excluding carboxylic acids is 2. The maximum absolute atomic E-state index is 13.0. The number of nitrogens with one attached hydrogen (secondary N) is 1. The van der Waals surface area contributed by atoms with E-state index in [9.17, 15) is 9.59 Å². The first kappa shape index (κ1) is 25.1. The fraction of sp³-hybridized carbons (Fsp3) is 0.407. The summed E-state index contributed by atoms with van der Waals surface area (Å²) in [5, 5.41) is 3.50. The Balaban J connectivity index is 1.27. The minimum absolute atomic E-state index is 0.0668. The molecule has 2 aromatic rings. The van der Waals surface area contributed by atoms with Gasteiger partial charge in [0.1, 0.15) is 30.5 Å². The first-order valence-electron chi connectivity index (χ1n) is 11.8. The Hall–Kier alpha value is -3.03. The van der Waals surface area contributed by atoms with Crippen LogP contribution in [0.25, 0.3) is 0 Å². The number of ether oxygens (including phenoxy) is 4. The highest BCUT2D eigenvalue weighted by molar-refractivity contribution is 6.32. The van der Waals surface area contributed by atoms with Crippen LogP contribution in [0, 0.1) is 19.8 Å². The van der Waals surface area contributed by atoms with Gasteiger partial charge in [-0.1, -0.05) is 11.6 Å². The number of rotatable bonds is 8. The van der Waals surface area contributed by atoms with Crippen molar-refractivity contribution in [3.8, 4) is 11.5 Å². The van der Waals surface area contributed by atoms with Gasteiger partial charge in [-0.3, -0.25) is 9.59 Å². The SMILES string of the molecule is CCOc1ccc(NC(=O)COC2CCC3C(=O)C(Oc4cc(C)c(Cl)c(C)c4)=COC3C2)cc1. The van der Waals surface area contributed by atoms with Gasteiger partial charge in [0.15, 0.2) is 0 Å². The number of aryl methyl sites for hydroxylation is 2. The maximum Gasteiger partial charge on any atom is 0.250 e. The summed E-state index contributed by atoms with van der Waals surface area (Å²) in [7, 11) is 0. The van der Waals surface area contributed by atoms with E-state index in [0.29, 0.717) is 42.3 Å². The summed E-state index contributed by atoms with van der Waals surface area (Å²) < 4.78 is 22.9. The first-order valence-corrected chi connectivity index (χ1v) is 12.2. The molecule has 1 fully saturated rings. The molecule has 0 spiro atoms. The number of hydrogen-bond acceptors (Lipinski definition) is 6. The molecule has 8 heteroatoms. The van der Waals surface area contributed by atoms with Crippen molar-refractivity contribution in [3.05, 3.63) is 64.6 Å². The number of benzene rings is 2. The van der Waals surface area contributed by atoms with Crippen LogP contribution in [0.5, 0.6) is 11.5 Å². The Morgan fingerprint density at radius 3 is 2.51 bits per heavy atom. The molecule has 1 heterocycles. The maximum atomic E-state index is 13.0. The van der Waals surface area contributed by atoms with Gasteiger partial charge in [0.2, 0.25) is 17.4 Å². The molecule has 7 nitrogen and oxygen atoms in total. The zero-order valence-corrected chi connectivity index (χ0v) is 20.9. The molecule has 4 rings (SSSR count). The minimum atomic E-state index is -0.295. The predicted molar refractivity (Wildman–Crippen MR) is 133 cm³/mol. The van der Waals surface area contributed by atoms with Gasteiger partial charge >= 0.3 is 0 Å². The second-order valence-electron chi connectivity index (χ2n) is 8.85. The summed E-state index contributed by atoms with van der Waals surface area (Å²) in [6.45, 7) is 6.23. The van der Waals surface area contributed by atoms with E-state index in [-0.39, 0.29) is 42.2 Å². The smallest absolute Gasteiger partial charge is 0.250 e. The average Bonchev–Trinajstić information content (AvgIpc) is 2.84. The van der Waals surface area contributed by atoms with E-state index in [0.717, 1.165) is 16.9 Å². The second-order valence-corrected chi connectivity index (χ2v) is 9.23. The van der Waals surface area contributed by atoms with Crippen LogP contribution in [-0.4, -0.2) is 37.1 Å². The lowest BCUT2D eigenvalue weighted by Gasteiger charge is -2.37. The summed E-state index contributed by atoms with van der Waals surface area (Å²) in [5.41, 5.74) is 2.44. The Morgan fingerprint density at radius 1 is 1.11 bits per heavy atom. The highest BCUT2D eigenvalue weighted by atomic mass is 35.5. The lowest BCUT2D eigenvalue weighted by atomic mass is 9.80. The second kappa shape index (κ2) is 11.1. The summed E-state index contributed by atoms with van der Waals surface area (Å²) in [6, 6.07) is 10.8. The number of amides is 1. The van der Waals surface area contributed by atoms with Crippen molar-refractivity contribution < 1.29 is 28.5 Å². The van der Waals surface area contributed by atoms with Crippen LogP contribution in [0.1, 0.15) is 37.3 Å². The average molecular weight is 500 g/mol. The van der Waals surface area contributed by atoms with E-state index < -0.39 is 0 Å². The van der Waals surface area contributed by atoms with E-state index in [1.807, 2.05) is 20.8 Å². The monoisotopic (exact) mass is 499 g/mol. The number of carbonyl (C=O) groups is 2. The Labute approximate surface area is 210 Å². The van der Waals surface area contributed by atoms with Crippen molar-refractivity contribution in [3.63, 3.8) is 0 Å². The third-order valence-electron chi connectivity index (χ3n) is 6.21. The van der Waals surface area contributed by atoms with Crippen molar-refractivity contribution in [1.82, 2.24) is 0 Å². The number of anilines is 1. The van der Waals surface area contributed by atoms with E-state index in [2.05, 4.69) is 5.32 Å². The molecule has 3 unspecified atom stereocenters. The number of fused-ring (bicyclic) bond motifs is 1. The number of ketones is 1. The Kier molecular flexibility index (Phi) is 7.98. The van der Waals surface area contributed by atoms with Crippen LogP contribution < -0.4 is 14.8 Å². The minimum Gasteiger partial charge on any atom is -0.494 e. The van der Waals surface area contributed by atoms with Crippen molar-refractivity contribution in [2.75, 3.05) is 18.5 Å². The van der Waals surface area contributed by atoms with Gasteiger partial charge in [0, 0.05) is 17.1 Å². The van der Waals surface area contributed by atoms with E-state index >= 15 is 0 Å². The zero-order chi connectivity index (χ0) is 24.9. The van der Waals surface area contributed by atoms with Crippen molar-refractivity contribution in [2.45, 2.75) is 52.2 Å². The molecule has 35 heavy (non-hydrogen) atoms. The van der Waals surface area contributed by atoms with Gasteiger partial charge in [0.05, 0.1) is 18.6 Å². The lowest BCUT2D eigenvalue weighted by Crippen LogP contribution is -2.43. The van der Waals surface area contributed by atoms with Crippen LogP contribution in [0.4, 0.5) is 5.69 Å². The first-order chi connectivity index (χ1) is 16.8. The third kappa shape index (κ3) is 6.16. The molecule has 1 aliphatic heterocycles. The molecule has 0 radical (unpaired) electrons. The normalized spacial score (nSPS) is 21.4. The van der Waals surface area contributed by atoms with Crippen molar-refractivity contribution in [1.29, 1.82) is 0 Å². The van der Waals surface area contributed by atoms with Gasteiger partial charge < -0.3 is 24.3 Å². The Bertz CT molecular complexity index is 1090. The summed E-state index contributed by atoms with van der Waals surface area (Å²) >= 11 is 6.22. The summed E-state index contributed by atoms with van der Waals surface area (Å²) in [6.07, 6.45) is 2.75. The number of Topliss-reactive ketones (excluding diaryl/α,β-unsaturated/α-hetero) is 1. The van der Waals surface area contributed by atoms with Crippen LogP contribution in [-0.2, 0) is 19.1 Å². The van der Waals surface area contributed by atoms with Crippen LogP contribution in [0.3, 0.4) is 0 Å². The molecule has 0 saturated heterocycles. The molecule has 0 bridgehead atoms. The van der Waals surface area contributed by atoms with Gasteiger partial charge in [0.25, 0.3) is 0 Å². The van der Waals surface area contributed by atoms with Gasteiger partial charge in [-0.05, 0) is 81.1 Å². The predicted octanol–water partition coefficient (Wildman–Crippen LogP) is 5.37. The fourth-order valence-electron chi connectivity index (χ4n) is 4.44. The van der Waals surface area contributed by atoms with Gasteiger partial charge in [-0.15, -0.1) is 0 Å². The molecule has 0 aromatic heterocycles. The standard InChI is InChI=1S/C27H30ClNO6/c1-4-32-19-7-5-18(6-8-19)29-25(30)15-33-20-9-10-22-23(13-20)34-14-24(27(22)31)35-21-11-16(2)26(28)17(3)12-21/h5-8,11-12,14,20,22-23H,4,9-10,13,15H2,1-3H3,(H,29,30). The molecular weight excluding hydrogens is 470 g/mol. The quantitative estimate of drug-likeness (QED) is 0.526. The van der Waals surface area contributed by atoms with Gasteiger partial charge in [-0.25, -0.2) is 0 Å². The molecule has 1 saturated carbocycles. The van der Waals surface area contributed by atoms with Crippen molar-refractivity contribution >= 4 is 29.0 Å². The number of allylic oxidation sites excluding steroid dienone is 1. The summed E-state index contributed by atoms with van der Waals surface area (Å²) in [4.78, 5) is 25.3. The van der Waals surface area contributed by atoms with Crippen LogP contribution in [0.2, 0.25) is 5.02 Å². The van der Waals surface area contributed by atoms with Gasteiger partial charge in [-0.2, -0.15) is 0 Å².